The Morgan fingerprint density at radius 2 is 1.74 bits per heavy atom. The van der Waals surface area contributed by atoms with Crippen LogP contribution in [0.4, 0.5) is 5.69 Å². The molecular weight excluding hydrogens is 466 g/mol. The van der Waals surface area contributed by atoms with Gasteiger partial charge in [-0.2, -0.15) is 0 Å². The highest BCUT2D eigenvalue weighted by molar-refractivity contribution is 6.51. The van der Waals surface area contributed by atoms with Crippen molar-refractivity contribution < 1.29 is 24.5 Å². The molecule has 6 nitrogen and oxygen atoms in total. The molecule has 0 bridgehead atoms. The van der Waals surface area contributed by atoms with Crippen LogP contribution in [0.3, 0.4) is 0 Å². The summed E-state index contributed by atoms with van der Waals surface area (Å²) in [7, 11) is 1.49. The lowest BCUT2D eigenvalue weighted by Crippen LogP contribution is -2.29. The number of halogens is 1. The Balaban J connectivity index is 2.00. The minimum Gasteiger partial charge on any atom is -0.507 e. The summed E-state index contributed by atoms with van der Waals surface area (Å²) in [5.74, 6) is -1.65. The van der Waals surface area contributed by atoms with Crippen LogP contribution in [0.15, 0.2) is 60.2 Å². The van der Waals surface area contributed by atoms with Crippen molar-refractivity contribution in [3.05, 3.63) is 93.0 Å². The van der Waals surface area contributed by atoms with E-state index in [2.05, 4.69) is 0 Å². The number of methoxy groups -OCH3 is 1. The van der Waals surface area contributed by atoms with Gasteiger partial charge in [-0.25, -0.2) is 0 Å². The van der Waals surface area contributed by atoms with Gasteiger partial charge in [0.1, 0.15) is 17.3 Å². The van der Waals surface area contributed by atoms with Crippen LogP contribution in [-0.2, 0) is 16.0 Å². The number of aryl methyl sites for hydroxylation is 3. The lowest BCUT2D eigenvalue weighted by Gasteiger charge is -2.26. The highest BCUT2D eigenvalue weighted by Crippen LogP contribution is 2.45. The maximum atomic E-state index is 13.4. The zero-order valence-electron chi connectivity index (χ0n) is 19.9. The number of aliphatic hydroxyl groups is 1. The Labute approximate surface area is 209 Å². The summed E-state index contributed by atoms with van der Waals surface area (Å²) < 4.78 is 5.53. The van der Waals surface area contributed by atoms with E-state index in [0.29, 0.717) is 22.6 Å². The summed E-state index contributed by atoms with van der Waals surface area (Å²) in [5, 5.41) is 21.5. The van der Waals surface area contributed by atoms with E-state index >= 15 is 0 Å². The fourth-order valence-corrected chi connectivity index (χ4v) is 4.73. The van der Waals surface area contributed by atoms with Gasteiger partial charge in [0, 0.05) is 5.69 Å². The van der Waals surface area contributed by atoms with E-state index in [1.807, 2.05) is 39.0 Å². The molecule has 1 unspecified atom stereocenters. The lowest BCUT2D eigenvalue weighted by atomic mass is 9.93. The molecule has 1 atom stereocenters. The number of anilines is 1. The zero-order valence-corrected chi connectivity index (χ0v) is 20.7. The van der Waals surface area contributed by atoms with Crippen LogP contribution in [0.2, 0.25) is 5.02 Å². The molecule has 1 fully saturated rings. The van der Waals surface area contributed by atoms with Crippen LogP contribution in [0.5, 0.6) is 11.5 Å². The fourth-order valence-electron chi connectivity index (χ4n) is 4.55. The average molecular weight is 492 g/mol. The predicted octanol–water partition coefficient (Wildman–Crippen LogP) is 5.86. The number of aliphatic hydroxyl groups excluding tert-OH is 1. The van der Waals surface area contributed by atoms with E-state index < -0.39 is 17.7 Å². The number of aromatic hydroxyl groups is 1. The molecule has 1 saturated heterocycles. The smallest absolute Gasteiger partial charge is 0.300 e. The van der Waals surface area contributed by atoms with Crippen molar-refractivity contribution in [1.82, 2.24) is 0 Å². The Morgan fingerprint density at radius 3 is 2.34 bits per heavy atom. The number of phenols is 1. The number of carbonyl (C=O) groups excluding carboxylic acids is 2. The molecule has 0 saturated carbocycles. The maximum absolute atomic E-state index is 13.4. The number of benzene rings is 3. The Hall–Kier alpha value is -3.77. The number of rotatable bonds is 5. The van der Waals surface area contributed by atoms with Crippen molar-refractivity contribution in [3.8, 4) is 11.5 Å². The van der Waals surface area contributed by atoms with Crippen molar-refractivity contribution in [2.45, 2.75) is 33.2 Å². The Morgan fingerprint density at radius 1 is 1.06 bits per heavy atom. The summed E-state index contributed by atoms with van der Waals surface area (Å²) in [4.78, 5) is 28.1. The average Bonchev–Trinajstić information content (AvgIpc) is 3.10. The zero-order chi connectivity index (χ0) is 25.4. The van der Waals surface area contributed by atoms with Gasteiger partial charge >= 0.3 is 0 Å². The van der Waals surface area contributed by atoms with Crippen LogP contribution in [-0.4, -0.2) is 29.0 Å². The van der Waals surface area contributed by atoms with Crippen LogP contribution >= 0.6 is 11.6 Å². The van der Waals surface area contributed by atoms with Gasteiger partial charge in [-0.15, -0.1) is 0 Å². The number of nitrogens with zero attached hydrogens (tertiary/aromatic N) is 1. The van der Waals surface area contributed by atoms with Crippen LogP contribution < -0.4 is 9.64 Å². The molecule has 1 amide bonds. The number of hydrogen-bond donors (Lipinski definition) is 2. The van der Waals surface area contributed by atoms with Gasteiger partial charge in [0.25, 0.3) is 11.7 Å². The first-order valence-corrected chi connectivity index (χ1v) is 11.6. The summed E-state index contributed by atoms with van der Waals surface area (Å²) in [6.07, 6.45) is 0.822. The maximum Gasteiger partial charge on any atom is 0.300 e. The number of phenolic OH excluding ortho intramolecular Hbond substituents is 1. The van der Waals surface area contributed by atoms with E-state index in [1.165, 1.54) is 24.1 Å². The molecule has 35 heavy (non-hydrogen) atoms. The van der Waals surface area contributed by atoms with Gasteiger partial charge in [0.15, 0.2) is 0 Å². The van der Waals surface area contributed by atoms with Crippen LogP contribution in [0.1, 0.15) is 40.8 Å². The first kappa shape index (κ1) is 24.4. The summed E-state index contributed by atoms with van der Waals surface area (Å²) in [6, 6.07) is 14.5. The second kappa shape index (κ2) is 9.47. The minimum atomic E-state index is -0.967. The van der Waals surface area contributed by atoms with Gasteiger partial charge < -0.3 is 14.9 Å². The van der Waals surface area contributed by atoms with E-state index in [9.17, 15) is 19.8 Å². The third-order valence-electron chi connectivity index (χ3n) is 6.23. The molecule has 1 aliphatic rings. The molecule has 0 spiro atoms. The van der Waals surface area contributed by atoms with Crippen molar-refractivity contribution in [1.29, 1.82) is 0 Å². The third-order valence-corrected chi connectivity index (χ3v) is 6.54. The van der Waals surface area contributed by atoms with Crippen molar-refractivity contribution >= 4 is 34.7 Å². The van der Waals surface area contributed by atoms with Crippen molar-refractivity contribution in [2.75, 3.05) is 12.0 Å². The second-order valence-electron chi connectivity index (χ2n) is 8.56. The van der Waals surface area contributed by atoms with Gasteiger partial charge in [-0.1, -0.05) is 42.8 Å². The summed E-state index contributed by atoms with van der Waals surface area (Å²) in [6.45, 7) is 5.74. The number of ether oxygens (including phenoxy) is 1. The van der Waals surface area contributed by atoms with Crippen LogP contribution in [0.25, 0.3) is 5.76 Å². The first-order valence-electron chi connectivity index (χ1n) is 11.2. The molecule has 0 radical (unpaired) electrons. The molecule has 180 valence electrons. The van der Waals surface area contributed by atoms with Gasteiger partial charge in [0.05, 0.1) is 29.3 Å². The number of amides is 1. The Kier molecular flexibility index (Phi) is 6.59. The van der Waals surface area contributed by atoms with Crippen molar-refractivity contribution in [3.63, 3.8) is 0 Å². The highest BCUT2D eigenvalue weighted by atomic mass is 35.5. The fraction of sp³-hybridized carbons (Fsp3) is 0.214. The normalized spacial score (nSPS) is 17.2. The number of carbonyl (C=O) groups is 2. The molecule has 2 N–H and O–H groups in total. The van der Waals surface area contributed by atoms with Gasteiger partial charge in [0.2, 0.25) is 0 Å². The molecule has 0 aromatic heterocycles. The molecule has 7 heteroatoms. The quantitative estimate of drug-likeness (QED) is 0.265. The number of hydrogen-bond acceptors (Lipinski definition) is 5. The Bertz CT molecular complexity index is 1360. The molecule has 1 aliphatic heterocycles. The number of Topliss-reactive ketones (excluding diaryl/α,β-unsaturated/α-hetero) is 1. The second-order valence-corrected chi connectivity index (χ2v) is 8.97. The third kappa shape index (κ3) is 4.26. The van der Waals surface area contributed by atoms with E-state index in [1.54, 1.807) is 24.3 Å². The monoisotopic (exact) mass is 491 g/mol. The number of ketones is 1. The molecule has 3 aromatic rings. The van der Waals surface area contributed by atoms with E-state index in [0.717, 1.165) is 23.1 Å². The highest BCUT2D eigenvalue weighted by Gasteiger charge is 2.47. The predicted molar refractivity (Wildman–Crippen MR) is 136 cm³/mol. The molecule has 1 heterocycles. The van der Waals surface area contributed by atoms with Crippen molar-refractivity contribution in [2.24, 2.45) is 0 Å². The molecule has 0 aliphatic carbocycles. The lowest BCUT2D eigenvalue weighted by molar-refractivity contribution is -0.132. The topological polar surface area (TPSA) is 87.1 Å². The largest absolute Gasteiger partial charge is 0.507 e. The molecule has 4 rings (SSSR count). The van der Waals surface area contributed by atoms with E-state index in [-0.39, 0.29) is 22.1 Å². The van der Waals surface area contributed by atoms with E-state index in [4.69, 9.17) is 16.3 Å². The van der Waals surface area contributed by atoms with Crippen LogP contribution in [0, 0.1) is 13.8 Å². The SMILES string of the molecule is CCc1ccc(N2C(=O)C(=O)/C(=C(/O)c3cc(C)cc(C)c3OC)C2c2ccc(O)c(Cl)c2)cc1. The molecule has 3 aromatic carbocycles. The molecular formula is C28H26ClNO5. The summed E-state index contributed by atoms with van der Waals surface area (Å²) in [5.41, 5.74) is 3.93. The first-order chi connectivity index (χ1) is 16.7. The summed E-state index contributed by atoms with van der Waals surface area (Å²) >= 11 is 6.19. The van der Waals surface area contributed by atoms with Gasteiger partial charge in [-0.3, -0.25) is 14.5 Å². The van der Waals surface area contributed by atoms with Gasteiger partial charge in [-0.05, 0) is 72.9 Å². The minimum absolute atomic E-state index is 0.0680. The standard InChI is InChI=1S/C28H26ClNO5/c1-5-17-6-9-19(10-7-17)30-24(18-8-11-22(31)21(29)14-18)23(26(33)28(30)34)25(32)20-13-15(2)12-16(3)27(20)35-4/h6-14,24,31-32H,5H2,1-4H3/b25-23+.